The van der Waals surface area contributed by atoms with E-state index in [1.165, 1.54) is 32.4 Å². The number of anilines is 1. The lowest BCUT2D eigenvalue weighted by molar-refractivity contribution is 0.202. The Morgan fingerprint density at radius 3 is 1.77 bits per heavy atom. The third-order valence-corrected chi connectivity index (χ3v) is 5.37. The second-order valence-electron chi connectivity index (χ2n) is 7.86. The molecule has 3 aromatic carbocycles. The third-order valence-electron chi connectivity index (χ3n) is 5.37. The lowest BCUT2D eigenvalue weighted by atomic mass is 10.2. The van der Waals surface area contributed by atoms with E-state index in [9.17, 15) is 15.1 Å². The van der Waals surface area contributed by atoms with Gasteiger partial charge in [0.1, 0.15) is 46.6 Å². The Bertz CT molecular complexity index is 1280. The largest absolute Gasteiger partial charge is 0.494 e. The zero-order chi connectivity index (χ0) is 28.0. The molecule has 3 N–H and O–H groups in total. The van der Waals surface area contributed by atoms with Crippen molar-refractivity contribution in [3.05, 3.63) is 59.5 Å². The van der Waals surface area contributed by atoms with E-state index in [1.54, 1.807) is 24.3 Å². The Morgan fingerprint density at radius 1 is 0.667 bits per heavy atom. The van der Waals surface area contributed by atoms with Crippen LogP contribution in [0, 0.1) is 4.91 Å². The summed E-state index contributed by atoms with van der Waals surface area (Å²) in [5, 5.41) is 47.5. The molecule has 0 aliphatic carbocycles. The van der Waals surface area contributed by atoms with Crippen molar-refractivity contribution in [3.63, 3.8) is 0 Å². The van der Waals surface area contributed by atoms with Gasteiger partial charge in [0.25, 0.3) is 0 Å². The van der Waals surface area contributed by atoms with E-state index < -0.39 is 0 Å². The summed E-state index contributed by atoms with van der Waals surface area (Å²) in [5.74, 6) is 0.971. The number of aliphatic hydroxyl groups excluding tert-OH is 3. The fourth-order valence-electron chi connectivity index (χ4n) is 3.50. The number of hydrogen-bond acceptors (Lipinski definition) is 13. The van der Waals surface area contributed by atoms with Crippen LogP contribution in [0.2, 0.25) is 0 Å². The van der Waals surface area contributed by atoms with E-state index in [4.69, 9.17) is 19.3 Å². The fraction of sp³-hybridized carbons (Fsp3) is 0.308. The van der Waals surface area contributed by atoms with Crippen LogP contribution in [0.4, 0.5) is 34.1 Å². The van der Waals surface area contributed by atoms with E-state index in [2.05, 4.69) is 25.6 Å². The van der Waals surface area contributed by atoms with Crippen LogP contribution in [-0.4, -0.2) is 69.1 Å². The minimum Gasteiger partial charge on any atom is -0.494 e. The minimum absolute atomic E-state index is 0.00792. The first-order chi connectivity index (χ1) is 19.1. The van der Waals surface area contributed by atoms with Crippen LogP contribution >= 0.6 is 0 Å². The fourth-order valence-corrected chi connectivity index (χ4v) is 3.50. The topological polar surface area (TPSA) is 170 Å². The first kappa shape index (κ1) is 29.1. The van der Waals surface area contributed by atoms with Crippen molar-refractivity contribution in [3.8, 4) is 17.2 Å². The number of methoxy groups -OCH3 is 2. The van der Waals surface area contributed by atoms with E-state index in [1.807, 2.05) is 17.0 Å². The highest BCUT2D eigenvalue weighted by atomic mass is 16.5. The molecule has 0 saturated carbocycles. The lowest BCUT2D eigenvalue weighted by Gasteiger charge is -2.22. The van der Waals surface area contributed by atoms with Gasteiger partial charge in [-0.25, -0.2) is 0 Å². The van der Waals surface area contributed by atoms with E-state index in [0.717, 1.165) is 5.69 Å². The molecule has 0 saturated heterocycles. The Morgan fingerprint density at radius 2 is 1.23 bits per heavy atom. The van der Waals surface area contributed by atoms with Gasteiger partial charge in [-0.15, -0.1) is 20.2 Å². The van der Waals surface area contributed by atoms with Gasteiger partial charge in [-0.2, -0.15) is 5.11 Å². The molecule has 0 unspecified atom stereocenters. The van der Waals surface area contributed by atoms with Gasteiger partial charge in [0.2, 0.25) is 0 Å². The molecule has 3 aromatic rings. The van der Waals surface area contributed by atoms with E-state index >= 15 is 0 Å². The molecule has 39 heavy (non-hydrogen) atoms. The van der Waals surface area contributed by atoms with Gasteiger partial charge in [-0.05, 0) is 41.6 Å². The highest BCUT2D eigenvalue weighted by Crippen LogP contribution is 2.42. The maximum atomic E-state index is 10.9. The molecule has 0 fully saturated rings. The quantitative estimate of drug-likeness (QED) is 0.177. The van der Waals surface area contributed by atoms with Crippen LogP contribution in [0.15, 0.2) is 80.2 Å². The normalized spacial score (nSPS) is 11.2. The molecule has 0 aromatic heterocycles. The summed E-state index contributed by atoms with van der Waals surface area (Å²) >= 11 is 0. The van der Waals surface area contributed by atoms with Crippen molar-refractivity contribution in [1.29, 1.82) is 0 Å². The zero-order valence-corrected chi connectivity index (χ0v) is 21.6. The second kappa shape index (κ2) is 15.1. The number of nitroso groups, excluding NO2 is 1. The van der Waals surface area contributed by atoms with Gasteiger partial charge in [0.15, 0.2) is 0 Å². The first-order valence-corrected chi connectivity index (χ1v) is 11.9. The molecule has 0 bridgehead atoms. The van der Waals surface area contributed by atoms with Crippen LogP contribution in [0.1, 0.15) is 0 Å². The van der Waals surface area contributed by atoms with Crippen LogP contribution in [-0.2, 0) is 0 Å². The lowest BCUT2D eigenvalue weighted by Crippen LogP contribution is -2.29. The maximum absolute atomic E-state index is 10.9. The molecule has 0 radical (unpaired) electrons. The predicted molar refractivity (Wildman–Crippen MR) is 145 cm³/mol. The Labute approximate surface area is 225 Å². The Hall–Kier alpha value is -4.46. The molecular weight excluding hydrogens is 508 g/mol. The molecule has 0 amide bonds. The van der Waals surface area contributed by atoms with Crippen LogP contribution < -0.4 is 19.1 Å². The van der Waals surface area contributed by atoms with Crippen molar-refractivity contribution < 1.29 is 29.5 Å². The highest BCUT2D eigenvalue weighted by molar-refractivity contribution is 5.67. The number of nitrogens with zero attached hydrogens (tertiary/aromatic N) is 6. The summed E-state index contributed by atoms with van der Waals surface area (Å²) in [6.07, 6.45) is 0. The van der Waals surface area contributed by atoms with Gasteiger partial charge in [0, 0.05) is 37.0 Å². The van der Waals surface area contributed by atoms with E-state index in [0.29, 0.717) is 47.3 Å². The van der Waals surface area contributed by atoms with Gasteiger partial charge in [-0.1, -0.05) is 0 Å². The van der Waals surface area contributed by atoms with Crippen molar-refractivity contribution in [2.75, 3.05) is 58.6 Å². The molecule has 0 aliphatic heterocycles. The molecule has 0 heterocycles. The van der Waals surface area contributed by atoms with Crippen molar-refractivity contribution in [1.82, 2.24) is 0 Å². The monoisotopic (exact) mass is 538 g/mol. The average molecular weight is 539 g/mol. The van der Waals surface area contributed by atoms with Crippen molar-refractivity contribution in [2.45, 2.75) is 0 Å². The Kier molecular flexibility index (Phi) is 11.2. The summed E-state index contributed by atoms with van der Waals surface area (Å²) in [6, 6.07) is 14.8. The average Bonchev–Trinajstić information content (AvgIpc) is 2.98. The van der Waals surface area contributed by atoms with Crippen LogP contribution in [0.3, 0.4) is 0 Å². The summed E-state index contributed by atoms with van der Waals surface area (Å²) in [6.45, 7) is 0.545. The van der Waals surface area contributed by atoms with Gasteiger partial charge in [-0.3, -0.25) is 0 Å². The Balaban J connectivity index is 1.86. The number of ether oxygens (including phenoxy) is 3. The number of hydrogen-bond donors (Lipinski definition) is 3. The standard InChI is InChI=1S/C26H30N6O7/c1-37-24-17-23(30-28-21-8-5-19(31-36)15-26(21)39-14-13-35)25(38-2)16-22(24)29-27-18-3-6-20(7-4-18)32(9-11-33)10-12-34/h3-8,15-17,33-35H,9-14H2,1-2H3. The number of rotatable bonds is 15. The van der Waals surface area contributed by atoms with Crippen LogP contribution in [0.5, 0.6) is 17.2 Å². The van der Waals surface area contributed by atoms with Gasteiger partial charge >= 0.3 is 0 Å². The molecule has 13 heteroatoms. The number of azo groups is 2. The molecular formula is C26H30N6O7. The summed E-state index contributed by atoms with van der Waals surface area (Å²) in [7, 11) is 2.96. The first-order valence-electron chi connectivity index (χ1n) is 11.9. The summed E-state index contributed by atoms with van der Waals surface area (Å²) in [4.78, 5) is 12.7. The van der Waals surface area contributed by atoms with Gasteiger partial charge < -0.3 is 34.4 Å². The molecule has 0 spiro atoms. The van der Waals surface area contributed by atoms with Crippen molar-refractivity contribution in [2.24, 2.45) is 25.6 Å². The summed E-state index contributed by atoms with van der Waals surface area (Å²) in [5.41, 5.74) is 2.64. The molecule has 0 atom stereocenters. The van der Waals surface area contributed by atoms with E-state index in [-0.39, 0.29) is 37.9 Å². The number of benzene rings is 3. The molecule has 13 nitrogen and oxygen atoms in total. The summed E-state index contributed by atoms with van der Waals surface area (Å²) < 4.78 is 16.4. The smallest absolute Gasteiger partial charge is 0.149 e. The second-order valence-corrected chi connectivity index (χ2v) is 7.86. The third kappa shape index (κ3) is 8.01. The molecule has 0 aliphatic rings. The highest BCUT2D eigenvalue weighted by Gasteiger charge is 2.13. The molecule has 3 rings (SSSR count). The molecule has 206 valence electrons. The minimum atomic E-state index is -0.216. The van der Waals surface area contributed by atoms with Crippen LogP contribution in [0.25, 0.3) is 0 Å². The zero-order valence-electron chi connectivity index (χ0n) is 21.6. The maximum Gasteiger partial charge on any atom is 0.149 e. The SMILES string of the molecule is COc1cc(N=Nc2ccc(N=O)cc2OCCO)c(OC)cc1N=Nc1ccc(N(CCO)CCO)cc1. The predicted octanol–water partition coefficient (Wildman–Crippen LogP) is 5.09. The number of aliphatic hydroxyl groups is 3. The van der Waals surface area contributed by atoms with Gasteiger partial charge in [0.05, 0.1) is 39.7 Å². The van der Waals surface area contributed by atoms with Crippen molar-refractivity contribution >= 4 is 34.1 Å².